The van der Waals surface area contributed by atoms with Gasteiger partial charge in [0, 0.05) is 49.4 Å². The van der Waals surface area contributed by atoms with Crippen molar-refractivity contribution in [2.24, 2.45) is 0 Å². The van der Waals surface area contributed by atoms with E-state index in [1.807, 2.05) is 54.6 Å². The molecule has 0 spiro atoms. The van der Waals surface area contributed by atoms with Crippen molar-refractivity contribution in [3.63, 3.8) is 0 Å². The number of nitrogens with one attached hydrogen (secondary N) is 3. The minimum Gasteiger partial charge on any atom is -0.492 e. The van der Waals surface area contributed by atoms with Crippen molar-refractivity contribution >= 4 is 34.3 Å². The summed E-state index contributed by atoms with van der Waals surface area (Å²) in [4.78, 5) is 46.7. The van der Waals surface area contributed by atoms with Gasteiger partial charge >= 0.3 is 6.03 Å². The molecule has 0 fully saturated rings. The number of aryl methyl sites for hydroxylation is 1. The van der Waals surface area contributed by atoms with E-state index in [1.54, 1.807) is 10.8 Å². The molecule has 0 saturated heterocycles. The van der Waals surface area contributed by atoms with Crippen LogP contribution in [0.4, 0.5) is 16.2 Å². The molecule has 0 unspecified atom stereocenters. The second-order valence-corrected chi connectivity index (χ2v) is 12.5. The summed E-state index contributed by atoms with van der Waals surface area (Å²) in [5.41, 5.74) is 4.32. The van der Waals surface area contributed by atoms with Crippen LogP contribution in [-0.2, 0) is 11.3 Å². The van der Waals surface area contributed by atoms with Crippen LogP contribution in [-0.4, -0.2) is 59.2 Å². The molecule has 10 heteroatoms. The highest BCUT2D eigenvalue weighted by atomic mass is 16.5. The van der Waals surface area contributed by atoms with Crippen LogP contribution in [0, 0.1) is 0 Å². The Morgan fingerprint density at radius 1 is 0.917 bits per heavy atom. The number of fused-ring (bicyclic) bond motifs is 1. The van der Waals surface area contributed by atoms with E-state index in [0.717, 1.165) is 42.0 Å². The lowest BCUT2D eigenvalue weighted by atomic mass is 9.93. The van der Waals surface area contributed by atoms with Crippen molar-refractivity contribution in [3.8, 4) is 16.9 Å². The number of ether oxygens (including phenoxy) is 1. The molecule has 2 heterocycles. The van der Waals surface area contributed by atoms with Crippen molar-refractivity contribution in [1.29, 1.82) is 0 Å². The summed E-state index contributed by atoms with van der Waals surface area (Å²) in [5.74, 6) is 0.874. The van der Waals surface area contributed by atoms with E-state index in [0.29, 0.717) is 48.5 Å². The number of carbonyl (C=O) groups excluding carboxylic acids is 2. The maximum Gasteiger partial charge on any atom is 0.323 e. The van der Waals surface area contributed by atoms with Crippen LogP contribution >= 0.6 is 0 Å². The molecule has 0 bridgehead atoms. The molecule has 4 rings (SSSR count). The van der Waals surface area contributed by atoms with Gasteiger partial charge in [0.15, 0.2) is 0 Å². The number of urea groups is 1. The summed E-state index contributed by atoms with van der Waals surface area (Å²) in [5, 5.41) is 9.56. The zero-order valence-corrected chi connectivity index (χ0v) is 29.4. The SMILES string of the molecule is CCN(CC)CCOc1cccc(-c2c(NC(=O)Nc3c(C(C)C)cccc3C(C)C)c(=O)n(CCCNC(C)=O)c3ncccc23)c1. The number of rotatable bonds is 15. The Balaban J connectivity index is 1.82. The van der Waals surface area contributed by atoms with Crippen molar-refractivity contribution in [1.82, 2.24) is 19.8 Å². The van der Waals surface area contributed by atoms with Gasteiger partial charge in [0.25, 0.3) is 5.56 Å². The third kappa shape index (κ3) is 8.80. The van der Waals surface area contributed by atoms with E-state index in [2.05, 4.69) is 67.4 Å². The molecule has 3 N–H and O–H groups in total. The van der Waals surface area contributed by atoms with Crippen molar-refractivity contribution in [3.05, 3.63) is 82.3 Å². The summed E-state index contributed by atoms with van der Waals surface area (Å²) in [6, 6.07) is 16.9. The largest absolute Gasteiger partial charge is 0.492 e. The Bertz CT molecular complexity index is 1750. The van der Waals surface area contributed by atoms with Crippen LogP contribution in [0.15, 0.2) is 65.6 Å². The van der Waals surface area contributed by atoms with E-state index in [9.17, 15) is 14.4 Å². The number of pyridine rings is 2. The monoisotopic (exact) mass is 654 g/mol. The van der Waals surface area contributed by atoms with Crippen molar-refractivity contribution < 1.29 is 14.3 Å². The van der Waals surface area contributed by atoms with E-state index in [4.69, 9.17) is 4.74 Å². The summed E-state index contributed by atoms with van der Waals surface area (Å²) >= 11 is 0. The minimum absolute atomic E-state index is 0.138. The Labute approximate surface area is 283 Å². The molecular weight excluding hydrogens is 604 g/mol. The van der Waals surface area contributed by atoms with Crippen LogP contribution in [0.5, 0.6) is 5.75 Å². The highest BCUT2D eigenvalue weighted by molar-refractivity contribution is 6.07. The van der Waals surface area contributed by atoms with Crippen LogP contribution < -0.4 is 26.2 Å². The van der Waals surface area contributed by atoms with Gasteiger partial charge in [0.05, 0.1) is 0 Å². The van der Waals surface area contributed by atoms with E-state index < -0.39 is 6.03 Å². The first kappa shape index (κ1) is 36.1. The predicted octanol–water partition coefficient (Wildman–Crippen LogP) is 7.20. The Morgan fingerprint density at radius 3 is 2.23 bits per heavy atom. The third-order valence-corrected chi connectivity index (χ3v) is 8.50. The normalized spacial score (nSPS) is 11.4. The summed E-state index contributed by atoms with van der Waals surface area (Å²) in [7, 11) is 0. The molecule has 4 aromatic rings. The number of hydrogen-bond donors (Lipinski definition) is 3. The molecule has 0 aliphatic carbocycles. The number of para-hydroxylation sites is 1. The minimum atomic E-state index is -0.511. The highest BCUT2D eigenvalue weighted by Gasteiger charge is 2.23. The van der Waals surface area contributed by atoms with Crippen LogP contribution in [0.25, 0.3) is 22.2 Å². The molecule has 2 aromatic carbocycles. The van der Waals surface area contributed by atoms with Gasteiger partial charge < -0.3 is 25.6 Å². The molecule has 0 aliphatic rings. The Hall–Kier alpha value is -4.70. The maximum atomic E-state index is 14.4. The molecule has 2 aromatic heterocycles. The summed E-state index contributed by atoms with van der Waals surface area (Å²) in [6.45, 7) is 18.0. The number of anilines is 2. The van der Waals surface area contributed by atoms with Crippen molar-refractivity contribution in [2.75, 3.05) is 43.4 Å². The molecule has 0 atom stereocenters. The highest BCUT2D eigenvalue weighted by Crippen LogP contribution is 2.36. The molecule has 0 saturated carbocycles. The fourth-order valence-electron chi connectivity index (χ4n) is 5.93. The van der Waals surface area contributed by atoms with Gasteiger partial charge in [-0.15, -0.1) is 0 Å². The number of amides is 3. The second kappa shape index (κ2) is 16.9. The summed E-state index contributed by atoms with van der Waals surface area (Å²) < 4.78 is 7.72. The molecule has 3 amide bonds. The topological polar surface area (TPSA) is 118 Å². The van der Waals surface area contributed by atoms with Gasteiger partial charge in [-0.2, -0.15) is 0 Å². The molecule has 256 valence electrons. The maximum absolute atomic E-state index is 14.4. The van der Waals surface area contributed by atoms with Gasteiger partial charge in [0.2, 0.25) is 5.91 Å². The lowest BCUT2D eigenvalue weighted by molar-refractivity contribution is -0.118. The van der Waals surface area contributed by atoms with E-state index in [1.165, 1.54) is 6.92 Å². The third-order valence-electron chi connectivity index (χ3n) is 8.50. The lowest BCUT2D eigenvalue weighted by Gasteiger charge is -2.22. The predicted molar refractivity (Wildman–Crippen MR) is 195 cm³/mol. The van der Waals surface area contributed by atoms with Crippen LogP contribution in [0.2, 0.25) is 0 Å². The zero-order valence-electron chi connectivity index (χ0n) is 29.4. The van der Waals surface area contributed by atoms with Gasteiger partial charge in [-0.1, -0.05) is 71.9 Å². The molecule has 0 radical (unpaired) electrons. The number of hydrogen-bond acceptors (Lipinski definition) is 6. The van der Waals surface area contributed by atoms with E-state index in [-0.39, 0.29) is 29.0 Å². The van der Waals surface area contributed by atoms with Crippen LogP contribution in [0.1, 0.15) is 77.8 Å². The first-order valence-electron chi connectivity index (χ1n) is 17.0. The molecular formula is C38H50N6O4. The Morgan fingerprint density at radius 2 is 1.58 bits per heavy atom. The first-order valence-corrected chi connectivity index (χ1v) is 17.0. The average Bonchev–Trinajstić information content (AvgIpc) is 3.06. The van der Waals surface area contributed by atoms with Gasteiger partial charge in [0.1, 0.15) is 23.7 Å². The second-order valence-electron chi connectivity index (χ2n) is 12.5. The molecule has 10 nitrogen and oxygen atoms in total. The van der Waals surface area contributed by atoms with E-state index >= 15 is 0 Å². The quantitative estimate of drug-likeness (QED) is 0.117. The van der Waals surface area contributed by atoms with Gasteiger partial charge in [-0.3, -0.25) is 14.2 Å². The molecule has 48 heavy (non-hydrogen) atoms. The number of nitrogens with zero attached hydrogens (tertiary/aromatic N) is 3. The lowest BCUT2D eigenvalue weighted by Crippen LogP contribution is -2.31. The van der Waals surface area contributed by atoms with Crippen LogP contribution in [0.3, 0.4) is 0 Å². The fraction of sp³-hybridized carbons (Fsp3) is 0.421. The molecule has 0 aliphatic heterocycles. The van der Waals surface area contributed by atoms with Crippen molar-refractivity contribution in [2.45, 2.75) is 73.3 Å². The summed E-state index contributed by atoms with van der Waals surface area (Å²) in [6.07, 6.45) is 2.16. The number of aromatic nitrogens is 2. The number of benzene rings is 2. The van der Waals surface area contributed by atoms with Gasteiger partial charge in [-0.25, -0.2) is 9.78 Å². The Kier molecular flexibility index (Phi) is 12.7. The smallest absolute Gasteiger partial charge is 0.323 e. The zero-order chi connectivity index (χ0) is 34.8. The standard InChI is InChI=1S/C38H50N6O4/c1-8-43(9-2)22-23-48-29-15-10-14-28(24-29)33-32-18-12-19-40-36(32)44(21-13-20-39-27(7)45)37(46)35(33)42-38(47)41-34-30(25(3)4)16-11-17-31(34)26(5)6/h10-12,14-19,24-26H,8-9,13,20-23H2,1-7H3,(H,39,45)(H2,41,42,47). The van der Waals surface area contributed by atoms with Gasteiger partial charge in [-0.05, 0) is 72.3 Å². The first-order chi connectivity index (χ1) is 23.0. The number of carbonyl (C=O) groups is 2. The fourth-order valence-corrected chi connectivity index (χ4v) is 5.93. The number of likely N-dealkylation sites (N-methyl/N-ethyl adjacent to an activating group) is 1. The average molecular weight is 655 g/mol.